The van der Waals surface area contributed by atoms with Crippen LogP contribution < -0.4 is 10.2 Å². The smallest absolute Gasteiger partial charge is 0.330 e. The Bertz CT molecular complexity index is 1720. The molecule has 2 heterocycles. The van der Waals surface area contributed by atoms with E-state index in [9.17, 15) is 21.6 Å². The van der Waals surface area contributed by atoms with Crippen LogP contribution in [0.5, 0.6) is 0 Å². The molecule has 0 saturated heterocycles. The molecule has 3 aromatic rings. The largest absolute Gasteiger partial charge is 0.370 e. The fraction of sp³-hybridized carbons (Fsp3) is 0.500. The van der Waals surface area contributed by atoms with E-state index < -0.39 is 25.5 Å². The van der Waals surface area contributed by atoms with Crippen LogP contribution in [0.2, 0.25) is 0 Å². The van der Waals surface area contributed by atoms with Gasteiger partial charge in [-0.15, -0.1) is 16.8 Å². The topological polar surface area (TPSA) is 122 Å². The summed E-state index contributed by atoms with van der Waals surface area (Å²) in [6, 6.07) is 15.1. The highest BCUT2D eigenvalue weighted by atomic mass is 32.2. The molecule has 5 rings (SSSR count). The molecular formula is C34H45N3O6S3. The molecule has 0 unspecified atom stereocenters. The van der Waals surface area contributed by atoms with Crippen LogP contribution in [0.3, 0.4) is 0 Å². The number of benzene rings is 2. The second-order valence-electron chi connectivity index (χ2n) is 13.4. The summed E-state index contributed by atoms with van der Waals surface area (Å²) in [6.07, 6.45) is 8.80. The first kappa shape index (κ1) is 34.6. The quantitative estimate of drug-likeness (QED) is 0.188. The lowest BCUT2D eigenvalue weighted by molar-refractivity contribution is -0.163. The molecule has 250 valence electrons. The van der Waals surface area contributed by atoms with Gasteiger partial charge in [0.15, 0.2) is 0 Å². The normalized spacial score (nSPS) is 17.3. The van der Waals surface area contributed by atoms with Crippen molar-refractivity contribution < 1.29 is 26.5 Å². The zero-order valence-corrected chi connectivity index (χ0v) is 29.3. The number of para-hydroxylation sites is 1. The molecule has 46 heavy (non-hydrogen) atoms. The van der Waals surface area contributed by atoms with E-state index in [0.717, 1.165) is 29.9 Å². The van der Waals surface area contributed by atoms with Gasteiger partial charge in [0.1, 0.15) is 4.21 Å². The van der Waals surface area contributed by atoms with Gasteiger partial charge in [-0.05, 0) is 91.3 Å². The summed E-state index contributed by atoms with van der Waals surface area (Å²) in [5.74, 6) is 0.834. The van der Waals surface area contributed by atoms with Crippen molar-refractivity contribution in [2.45, 2.75) is 94.3 Å². The number of sulfonamides is 2. The molecule has 0 amide bonds. The van der Waals surface area contributed by atoms with E-state index in [4.69, 9.17) is 4.84 Å². The number of anilines is 1. The highest BCUT2D eigenvalue weighted by Gasteiger charge is 2.33. The third kappa shape index (κ3) is 8.38. The van der Waals surface area contributed by atoms with Crippen molar-refractivity contribution in [2.24, 2.45) is 17.3 Å². The van der Waals surface area contributed by atoms with Crippen LogP contribution in [0.1, 0.15) is 82.4 Å². The molecule has 1 saturated carbocycles. The van der Waals surface area contributed by atoms with Gasteiger partial charge in [-0.3, -0.25) is 4.72 Å². The zero-order valence-electron chi connectivity index (χ0n) is 26.8. The van der Waals surface area contributed by atoms with Crippen molar-refractivity contribution in [1.82, 2.24) is 9.79 Å². The van der Waals surface area contributed by atoms with Crippen LogP contribution in [0, 0.1) is 17.3 Å². The van der Waals surface area contributed by atoms with Crippen molar-refractivity contribution in [2.75, 3.05) is 11.3 Å². The Hall–Kier alpha value is -2.77. The average molecular weight is 688 g/mol. The maximum atomic E-state index is 13.5. The van der Waals surface area contributed by atoms with Crippen molar-refractivity contribution in [3.63, 3.8) is 0 Å². The lowest BCUT2D eigenvalue weighted by Gasteiger charge is -2.29. The van der Waals surface area contributed by atoms with Crippen LogP contribution >= 0.6 is 11.3 Å². The molecule has 1 aromatic heterocycles. The Morgan fingerprint density at radius 3 is 2.52 bits per heavy atom. The number of thiophene rings is 1. The summed E-state index contributed by atoms with van der Waals surface area (Å²) in [6.45, 7) is 6.62. The predicted molar refractivity (Wildman–Crippen MR) is 181 cm³/mol. The summed E-state index contributed by atoms with van der Waals surface area (Å²) in [5, 5.41) is 1.73. The minimum atomic E-state index is -3.95. The Kier molecular flexibility index (Phi) is 10.9. The van der Waals surface area contributed by atoms with Gasteiger partial charge in [-0.1, -0.05) is 69.4 Å². The number of hydrogen-bond donors (Lipinski definition) is 2. The number of nitrogens with zero attached hydrogens (tertiary/aromatic N) is 1. The van der Waals surface area contributed by atoms with Gasteiger partial charge < -0.3 is 4.84 Å². The average Bonchev–Trinajstić information content (AvgIpc) is 3.58. The highest BCUT2D eigenvalue weighted by molar-refractivity contribution is 7.92. The molecule has 1 aliphatic carbocycles. The molecule has 2 N–H and O–H groups in total. The molecule has 0 radical (unpaired) electrons. The summed E-state index contributed by atoms with van der Waals surface area (Å²) in [5.41, 5.74) is 4.68. The fourth-order valence-corrected chi connectivity index (χ4v) is 10.5. The Balaban J connectivity index is 1.18. The first-order chi connectivity index (χ1) is 21.8. The molecule has 1 atom stereocenters. The molecule has 2 aromatic carbocycles. The molecule has 2 aliphatic rings. The highest BCUT2D eigenvalue weighted by Crippen LogP contribution is 2.35. The van der Waals surface area contributed by atoms with E-state index in [1.807, 2.05) is 13.8 Å². The monoisotopic (exact) mass is 687 g/mol. The van der Waals surface area contributed by atoms with Crippen LogP contribution in [0.15, 0.2) is 69.1 Å². The minimum Gasteiger partial charge on any atom is -0.370 e. The number of carbonyl (C=O) groups is 1. The van der Waals surface area contributed by atoms with Crippen molar-refractivity contribution in [1.29, 1.82) is 0 Å². The third-order valence-electron chi connectivity index (χ3n) is 9.12. The van der Waals surface area contributed by atoms with Gasteiger partial charge in [0, 0.05) is 13.1 Å². The number of hydroxylamine groups is 1. The van der Waals surface area contributed by atoms with Crippen LogP contribution in [-0.4, -0.2) is 33.7 Å². The number of hydrogen-bond acceptors (Lipinski definition) is 8. The lowest BCUT2D eigenvalue weighted by atomic mass is 9.77. The number of nitrogens with one attached hydrogen (secondary N) is 2. The van der Waals surface area contributed by atoms with E-state index in [1.54, 1.807) is 53.9 Å². The van der Waals surface area contributed by atoms with Crippen molar-refractivity contribution in [3.05, 3.63) is 76.7 Å². The number of rotatable bonds is 13. The molecule has 1 aliphatic heterocycles. The van der Waals surface area contributed by atoms with Crippen LogP contribution in [0.4, 0.5) is 5.69 Å². The molecule has 0 spiro atoms. The second kappa shape index (κ2) is 14.6. The van der Waals surface area contributed by atoms with Crippen LogP contribution in [-0.2, 0) is 49.2 Å². The Labute approximate surface area is 277 Å². The summed E-state index contributed by atoms with van der Waals surface area (Å²) < 4.78 is 57.3. The van der Waals surface area contributed by atoms with E-state index >= 15 is 0 Å². The number of carbonyl (C=O) groups excluding carboxylic acids is 1. The third-order valence-corrected chi connectivity index (χ3v) is 13.7. The van der Waals surface area contributed by atoms with Gasteiger partial charge in [0.2, 0.25) is 0 Å². The molecule has 9 nitrogen and oxygen atoms in total. The van der Waals surface area contributed by atoms with Gasteiger partial charge in [-0.2, -0.15) is 4.31 Å². The first-order valence-electron chi connectivity index (χ1n) is 16.1. The lowest BCUT2D eigenvalue weighted by Crippen LogP contribution is -2.35. The van der Waals surface area contributed by atoms with Crippen molar-refractivity contribution >= 4 is 43.0 Å². The molecule has 1 fully saturated rings. The first-order valence-corrected chi connectivity index (χ1v) is 19.9. The maximum Gasteiger partial charge on any atom is 0.330 e. The van der Waals surface area contributed by atoms with E-state index in [1.165, 1.54) is 53.8 Å². The maximum absolute atomic E-state index is 13.5. The standard InChI is InChI=1S/C34H45N3O6S3/c1-25(20-26-10-5-4-6-11-26)22-34(2,3)33(38)43-35-23-28-12-7-8-13-31(28)36-45(39,40)30-16-15-29-24-37(18-17-27(29)21-30)46(41,42)32-14-9-19-44-32/h7-9,12-16,19,21,25-26,35-36H,4-6,10-11,17-18,20,22-24H2,1-3H3/t25-/m0/s1. The summed E-state index contributed by atoms with van der Waals surface area (Å²) in [7, 11) is -7.55. The number of fused-ring (bicyclic) bond motifs is 1. The van der Waals surface area contributed by atoms with Crippen LogP contribution in [0.25, 0.3) is 0 Å². The van der Waals surface area contributed by atoms with Crippen molar-refractivity contribution in [3.8, 4) is 0 Å². The van der Waals surface area contributed by atoms with E-state index in [-0.39, 0.29) is 30.5 Å². The molecule has 12 heteroatoms. The zero-order chi connectivity index (χ0) is 33.0. The van der Waals surface area contributed by atoms with E-state index in [2.05, 4.69) is 17.1 Å². The fourth-order valence-electron chi connectivity index (χ4n) is 6.74. The summed E-state index contributed by atoms with van der Waals surface area (Å²) in [4.78, 5) is 18.6. The van der Waals surface area contributed by atoms with Gasteiger partial charge >= 0.3 is 5.97 Å². The van der Waals surface area contributed by atoms with Gasteiger partial charge in [0.25, 0.3) is 20.0 Å². The SMILES string of the molecule is C[C@@H](CC1CCCCC1)CC(C)(C)C(=O)ONCc1ccccc1NS(=O)(=O)c1ccc2c(c1)CCN(S(=O)(=O)c1cccs1)C2. The molecular weight excluding hydrogens is 643 g/mol. The van der Waals surface area contributed by atoms with Gasteiger partial charge in [0.05, 0.1) is 22.5 Å². The Morgan fingerprint density at radius 1 is 1.02 bits per heavy atom. The predicted octanol–water partition coefficient (Wildman–Crippen LogP) is 6.87. The Morgan fingerprint density at radius 2 is 1.78 bits per heavy atom. The van der Waals surface area contributed by atoms with E-state index in [0.29, 0.717) is 27.8 Å². The summed E-state index contributed by atoms with van der Waals surface area (Å²) >= 11 is 1.18. The van der Waals surface area contributed by atoms with Gasteiger partial charge in [-0.25, -0.2) is 21.6 Å². The second-order valence-corrected chi connectivity index (χ2v) is 18.2. The molecule has 0 bridgehead atoms. The minimum absolute atomic E-state index is 0.0964.